The minimum absolute atomic E-state index is 0.0200. The van der Waals surface area contributed by atoms with Crippen LogP contribution in [0.4, 0.5) is 0 Å². The van der Waals surface area contributed by atoms with Gasteiger partial charge in [0.15, 0.2) is 0 Å². The summed E-state index contributed by atoms with van der Waals surface area (Å²) in [6.07, 6.45) is 1.24. The molecule has 1 heterocycles. The van der Waals surface area contributed by atoms with Crippen molar-refractivity contribution in [3.05, 3.63) is 33.3 Å². The number of amides is 1. The van der Waals surface area contributed by atoms with E-state index < -0.39 is 0 Å². The topological polar surface area (TPSA) is 37.4 Å². The molecular weight excluding hydrogens is 330 g/mol. The van der Waals surface area contributed by atoms with E-state index in [0.29, 0.717) is 34.6 Å². The summed E-state index contributed by atoms with van der Waals surface area (Å²) < 4.78 is 0.708. The van der Waals surface area contributed by atoms with Crippen LogP contribution in [0.5, 0.6) is 0 Å². The number of rotatable bonds is 2. The molecule has 1 aromatic carbocycles. The largest absolute Gasteiger partial charge is 0.337 e. The maximum atomic E-state index is 12.4. The van der Waals surface area contributed by atoms with E-state index in [0.717, 1.165) is 6.42 Å². The minimum atomic E-state index is -0.0386. The van der Waals surface area contributed by atoms with Crippen LogP contribution in [0.2, 0.25) is 5.02 Å². The van der Waals surface area contributed by atoms with E-state index in [1.54, 1.807) is 23.1 Å². The van der Waals surface area contributed by atoms with Crippen LogP contribution in [0.25, 0.3) is 0 Å². The van der Waals surface area contributed by atoms with Crippen molar-refractivity contribution in [1.82, 2.24) is 4.90 Å². The molecule has 19 heavy (non-hydrogen) atoms. The molecule has 0 aromatic heterocycles. The average molecular weight is 345 g/mol. The molecule has 1 amide bonds. The Balaban J connectivity index is 2.15. The zero-order valence-corrected chi connectivity index (χ0v) is 13.0. The molecule has 1 unspecified atom stereocenters. The lowest BCUT2D eigenvalue weighted by atomic mass is 9.93. The van der Waals surface area contributed by atoms with E-state index in [1.807, 2.05) is 6.92 Å². The van der Waals surface area contributed by atoms with E-state index in [-0.39, 0.29) is 17.6 Å². The highest BCUT2D eigenvalue weighted by Crippen LogP contribution is 2.25. The fourth-order valence-electron chi connectivity index (χ4n) is 2.26. The van der Waals surface area contributed by atoms with Crippen LogP contribution >= 0.6 is 27.5 Å². The quantitative estimate of drug-likeness (QED) is 0.823. The summed E-state index contributed by atoms with van der Waals surface area (Å²) in [5.41, 5.74) is 0.598. The number of piperidine rings is 1. The minimum Gasteiger partial charge on any atom is -0.337 e. The third kappa shape index (κ3) is 3.18. The fourth-order valence-corrected chi connectivity index (χ4v) is 2.76. The lowest BCUT2D eigenvalue weighted by molar-refractivity contribution is -0.125. The first-order valence-corrected chi connectivity index (χ1v) is 7.47. The van der Waals surface area contributed by atoms with Gasteiger partial charge < -0.3 is 4.90 Å². The summed E-state index contributed by atoms with van der Waals surface area (Å²) in [5, 5.41) is 0.580. The predicted molar refractivity (Wildman–Crippen MR) is 78.5 cm³/mol. The van der Waals surface area contributed by atoms with Gasteiger partial charge in [-0.25, -0.2) is 0 Å². The summed E-state index contributed by atoms with van der Waals surface area (Å²) in [4.78, 5) is 25.8. The summed E-state index contributed by atoms with van der Waals surface area (Å²) in [5.74, 6) is 0.209. The molecule has 0 aliphatic carbocycles. The molecule has 0 radical (unpaired) electrons. The molecule has 0 bridgehead atoms. The molecule has 1 fully saturated rings. The van der Waals surface area contributed by atoms with Gasteiger partial charge in [-0.15, -0.1) is 0 Å². The molecule has 1 atom stereocenters. The number of hydrogen-bond donors (Lipinski definition) is 0. The Morgan fingerprint density at radius 3 is 2.89 bits per heavy atom. The number of carbonyl (C=O) groups is 2. The van der Waals surface area contributed by atoms with Crippen LogP contribution < -0.4 is 0 Å². The summed E-state index contributed by atoms with van der Waals surface area (Å²) in [6, 6.07) is 5.14. The second-order valence-electron chi connectivity index (χ2n) is 4.70. The molecule has 1 aliphatic rings. The molecule has 3 nitrogen and oxygen atoms in total. The zero-order valence-electron chi connectivity index (χ0n) is 10.7. The van der Waals surface area contributed by atoms with Crippen molar-refractivity contribution < 1.29 is 9.59 Å². The summed E-state index contributed by atoms with van der Waals surface area (Å²) >= 11 is 9.24. The Kier molecular flexibility index (Phi) is 4.63. The van der Waals surface area contributed by atoms with Crippen LogP contribution in [-0.4, -0.2) is 29.7 Å². The second kappa shape index (κ2) is 6.06. The first-order chi connectivity index (χ1) is 9.02. The van der Waals surface area contributed by atoms with E-state index in [4.69, 9.17) is 11.6 Å². The molecule has 0 spiro atoms. The fraction of sp³-hybridized carbons (Fsp3) is 0.429. The highest BCUT2D eigenvalue weighted by atomic mass is 79.9. The Bertz CT molecular complexity index is 518. The SMILES string of the molecule is CCC1CN(C(=O)c2ccc(Cl)c(Br)c2)CCC1=O. The van der Waals surface area contributed by atoms with Gasteiger partial charge in [-0.2, -0.15) is 0 Å². The maximum absolute atomic E-state index is 12.4. The molecule has 1 saturated heterocycles. The molecule has 2 rings (SSSR count). The second-order valence-corrected chi connectivity index (χ2v) is 5.96. The first kappa shape index (κ1) is 14.5. The molecule has 102 valence electrons. The van der Waals surface area contributed by atoms with Gasteiger partial charge >= 0.3 is 0 Å². The summed E-state index contributed by atoms with van der Waals surface area (Å²) in [7, 11) is 0. The molecule has 0 N–H and O–H groups in total. The van der Waals surface area contributed by atoms with Crippen LogP contribution in [-0.2, 0) is 4.79 Å². The standard InChI is InChI=1S/C14H15BrClNO2/c1-2-9-8-17(6-5-13(9)18)14(19)10-3-4-12(16)11(15)7-10/h3-4,7,9H,2,5-6,8H2,1H3. The normalized spacial score (nSPS) is 19.6. The van der Waals surface area contributed by atoms with Crippen LogP contribution in [0, 0.1) is 5.92 Å². The zero-order chi connectivity index (χ0) is 14.0. The third-order valence-electron chi connectivity index (χ3n) is 3.47. The lowest BCUT2D eigenvalue weighted by Crippen LogP contribution is -2.43. The van der Waals surface area contributed by atoms with Crippen molar-refractivity contribution in [2.75, 3.05) is 13.1 Å². The monoisotopic (exact) mass is 343 g/mol. The van der Waals surface area contributed by atoms with Crippen LogP contribution in [0.15, 0.2) is 22.7 Å². The van der Waals surface area contributed by atoms with Crippen LogP contribution in [0.3, 0.4) is 0 Å². The number of benzene rings is 1. The molecule has 1 aliphatic heterocycles. The van der Waals surface area contributed by atoms with E-state index >= 15 is 0 Å². The van der Waals surface area contributed by atoms with Gasteiger partial charge in [0, 0.05) is 35.5 Å². The number of ketones is 1. The number of likely N-dealkylation sites (tertiary alicyclic amines) is 1. The average Bonchev–Trinajstić information content (AvgIpc) is 2.41. The smallest absolute Gasteiger partial charge is 0.253 e. The van der Waals surface area contributed by atoms with Gasteiger partial charge in [0.2, 0.25) is 0 Å². The number of hydrogen-bond acceptors (Lipinski definition) is 2. The van der Waals surface area contributed by atoms with E-state index in [2.05, 4.69) is 15.9 Å². The Morgan fingerprint density at radius 2 is 2.26 bits per heavy atom. The third-order valence-corrected chi connectivity index (χ3v) is 4.68. The van der Waals surface area contributed by atoms with Crippen molar-refractivity contribution >= 4 is 39.2 Å². The predicted octanol–water partition coefficient (Wildman–Crippen LogP) is 3.54. The molecule has 5 heteroatoms. The van der Waals surface area contributed by atoms with Crippen molar-refractivity contribution in [3.63, 3.8) is 0 Å². The summed E-state index contributed by atoms with van der Waals surface area (Å²) in [6.45, 7) is 3.01. The van der Waals surface area contributed by atoms with E-state index in [1.165, 1.54) is 0 Å². The van der Waals surface area contributed by atoms with Gasteiger partial charge in [-0.1, -0.05) is 18.5 Å². The van der Waals surface area contributed by atoms with Gasteiger partial charge in [-0.05, 0) is 40.5 Å². The Morgan fingerprint density at radius 1 is 1.53 bits per heavy atom. The van der Waals surface area contributed by atoms with Gasteiger partial charge in [0.05, 0.1) is 5.02 Å². The number of carbonyl (C=O) groups excluding carboxylic acids is 2. The highest BCUT2D eigenvalue weighted by Gasteiger charge is 2.29. The van der Waals surface area contributed by atoms with Crippen molar-refractivity contribution in [3.8, 4) is 0 Å². The Hall–Kier alpha value is -0.870. The van der Waals surface area contributed by atoms with Gasteiger partial charge in [0.25, 0.3) is 5.91 Å². The Labute approximate surface area is 126 Å². The van der Waals surface area contributed by atoms with Crippen molar-refractivity contribution in [2.24, 2.45) is 5.92 Å². The van der Waals surface area contributed by atoms with Crippen molar-refractivity contribution in [1.29, 1.82) is 0 Å². The number of Topliss-reactive ketones (excluding diaryl/α,β-unsaturated/α-hetero) is 1. The highest BCUT2D eigenvalue weighted by molar-refractivity contribution is 9.10. The molecular formula is C14H15BrClNO2. The number of halogens is 2. The maximum Gasteiger partial charge on any atom is 0.253 e. The van der Waals surface area contributed by atoms with Gasteiger partial charge in [-0.3, -0.25) is 9.59 Å². The molecule has 1 aromatic rings. The first-order valence-electron chi connectivity index (χ1n) is 6.30. The number of nitrogens with zero attached hydrogens (tertiary/aromatic N) is 1. The lowest BCUT2D eigenvalue weighted by Gasteiger charge is -2.31. The van der Waals surface area contributed by atoms with Crippen LogP contribution in [0.1, 0.15) is 30.1 Å². The van der Waals surface area contributed by atoms with Crippen molar-refractivity contribution in [2.45, 2.75) is 19.8 Å². The molecule has 0 saturated carbocycles. The van der Waals surface area contributed by atoms with Gasteiger partial charge in [0.1, 0.15) is 5.78 Å². The van der Waals surface area contributed by atoms with E-state index in [9.17, 15) is 9.59 Å².